The van der Waals surface area contributed by atoms with E-state index in [0.717, 1.165) is 36.0 Å². The van der Waals surface area contributed by atoms with E-state index in [1.165, 1.54) is 23.1 Å². The third kappa shape index (κ3) is 4.32. The third-order valence-electron chi connectivity index (χ3n) is 6.18. The van der Waals surface area contributed by atoms with Crippen molar-refractivity contribution in [3.8, 4) is 5.75 Å². The summed E-state index contributed by atoms with van der Waals surface area (Å²) >= 11 is 0. The van der Waals surface area contributed by atoms with E-state index in [-0.39, 0.29) is 6.61 Å². The topological polar surface area (TPSA) is 58.9 Å². The maximum Gasteiger partial charge on any atom is 0.228 e. The van der Waals surface area contributed by atoms with Gasteiger partial charge >= 0.3 is 0 Å². The molecule has 0 radical (unpaired) electrons. The molecule has 0 spiro atoms. The molecule has 1 aliphatic heterocycles. The van der Waals surface area contributed by atoms with Crippen molar-refractivity contribution in [2.75, 3.05) is 13.5 Å². The zero-order chi connectivity index (χ0) is 20.4. The van der Waals surface area contributed by atoms with E-state index in [2.05, 4.69) is 25.1 Å². The van der Waals surface area contributed by atoms with Gasteiger partial charge in [0.1, 0.15) is 5.75 Å². The van der Waals surface area contributed by atoms with Gasteiger partial charge in [-0.2, -0.15) is 0 Å². The second-order valence-electron chi connectivity index (χ2n) is 8.10. The van der Waals surface area contributed by atoms with Crippen molar-refractivity contribution in [2.45, 2.75) is 63.8 Å². The predicted molar refractivity (Wildman–Crippen MR) is 109 cm³/mol. The summed E-state index contributed by atoms with van der Waals surface area (Å²) in [6, 6.07) is 10.6. The summed E-state index contributed by atoms with van der Waals surface area (Å²) in [4.78, 5) is 0. The summed E-state index contributed by atoms with van der Waals surface area (Å²) in [7, 11) is 0. The molecule has 29 heavy (non-hydrogen) atoms. The Morgan fingerprint density at radius 1 is 1.10 bits per heavy atom. The summed E-state index contributed by atoms with van der Waals surface area (Å²) in [5.41, 5.74) is 7.17. The number of hydrogen-bond acceptors (Lipinski definition) is 4. The van der Waals surface area contributed by atoms with Gasteiger partial charge in [0, 0.05) is 18.4 Å². The summed E-state index contributed by atoms with van der Waals surface area (Å²) in [5, 5.41) is 19.7. The average molecular weight is 400 g/mol. The van der Waals surface area contributed by atoms with Crippen LogP contribution in [0.4, 0.5) is 4.39 Å². The second-order valence-corrected chi connectivity index (χ2v) is 8.10. The van der Waals surface area contributed by atoms with Crippen LogP contribution in [0.3, 0.4) is 0 Å². The predicted octanol–water partition coefficient (Wildman–Crippen LogP) is 3.82. The van der Waals surface area contributed by atoms with Crippen molar-refractivity contribution in [3.05, 3.63) is 63.7 Å². The van der Waals surface area contributed by atoms with Gasteiger partial charge in [-0.05, 0) is 65.6 Å². The van der Waals surface area contributed by atoms with Crippen LogP contribution in [-0.2, 0) is 30.4 Å². The van der Waals surface area contributed by atoms with Gasteiger partial charge in [0.15, 0.2) is 0 Å². The van der Waals surface area contributed by atoms with Crippen LogP contribution in [0.25, 0.3) is 0 Å². The second kappa shape index (κ2) is 8.82. The number of hydrogen-bond donors (Lipinski definition) is 2. The number of aryl methyl sites for hydroxylation is 3. The lowest BCUT2D eigenvalue weighted by Gasteiger charge is -2.33. The molecule has 5 heteroatoms. The molecule has 0 saturated carbocycles. The molecule has 2 aromatic carbocycles. The van der Waals surface area contributed by atoms with Crippen LogP contribution >= 0.6 is 0 Å². The van der Waals surface area contributed by atoms with Crippen molar-refractivity contribution >= 4 is 0 Å². The molecule has 3 atom stereocenters. The van der Waals surface area contributed by atoms with Crippen molar-refractivity contribution in [1.29, 1.82) is 0 Å². The van der Waals surface area contributed by atoms with Gasteiger partial charge in [-0.1, -0.05) is 25.1 Å². The van der Waals surface area contributed by atoms with Crippen molar-refractivity contribution in [2.24, 2.45) is 0 Å². The fourth-order valence-electron chi connectivity index (χ4n) is 4.50. The molecule has 2 N–H and O–H groups in total. The lowest BCUT2D eigenvalue weighted by molar-refractivity contribution is -0.114. The highest BCUT2D eigenvalue weighted by Gasteiger charge is 2.31. The SMILES string of the molecule is CCc1cc(OCF)c(C2CC(O)CC(CO)O2)cc1Cc1ccc2c(c1)CC2. The standard InChI is InChI=1S/C24H29FO4/c1-2-16-10-23(28-14-25)22(24-12-20(27)11-21(13-26)29-24)9-19(16)8-15-3-4-17-5-6-18(17)7-15/h3-4,7,9-10,20-21,24,26-27H,2,5-6,8,11-14H2,1H3. The molecule has 1 fully saturated rings. The Hall–Kier alpha value is -1.95. The smallest absolute Gasteiger partial charge is 0.228 e. The van der Waals surface area contributed by atoms with Crippen LogP contribution in [0.5, 0.6) is 5.75 Å². The Kier molecular flexibility index (Phi) is 6.18. The van der Waals surface area contributed by atoms with E-state index in [9.17, 15) is 14.6 Å². The van der Waals surface area contributed by atoms with E-state index in [4.69, 9.17) is 9.47 Å². The highest BCUT2D eigenvalue weighted by molar-refractivity contribution is 5.47. The first kappa shape index (κ1) is 20.3. The van der Waals surface area contributed by atoms with Crippen LogP contribution in [0.1, 0.15) is 59.3 Å². The first-order valence-electron chi connectivity index (χ1n) is 10.5. The maximum atomic E-state index is 13.1. The number of benzene rings is 2. The van der Waals surface area contributed by atoms with E-state index < -0.39 is 25.2 Å². The zero-order valence-electron chi connectivity index (χ0n) is 16.9. The number of halogens is 1. The fraction of sp³-hybridized carbons (Fsp3) is 0.500. The van der Waals surface area contributed by atoms with E-state index in [1.807, 2.05) is 12.1 Å². The Balaban J connectivity index is 1.68. The van der Waals surface area contributed by atoms with Crippen LogP contribution in [0, 0.1) is 0 Å². The first-order valence-corrected chi connectivity index (χ1v) is 10.5. The largest absolute Gasteiger partial charge is 0.463 e. The molecule has 0 aromatic heterocycles. The summed E-state index contributed by atoms with van der Waals surface area (Å²) in [6.07, 6.45) is 3.31. The first-order chi connectivity index (χ1) is 14.1. The van der Waals surface area contributed by atoms with Crippen molar-refractivity contribution in [1.82, 2.24) is 0 Å². The van der Waals surface area contributed by atoms with Crippen LogP contribution < -0.4 is 4.74 Å². The van der Waals surface area contributed by atoms with Gasteiger partial charge in [-0.3, -0.25) is 0 Å². The Labute approximate surface area is 171 Å². The minimum Gasteiger partial charge on any atom is -0.463 e. The van der Waals surface area contributed by atoms with Gasteiger partial charge < -0.3 is 19.7 Å². The lowest BCUT2D eigenvalue weighted by Crippen LogP contribution is -2.33. The zero-order valence-corrected chi connectivity index (χ0v) is 16.9. The highest BCUT2D eigenvalue weighted by Crippen LogP contribution is 2.39. The summed E-state index contributed by atoms with van der Waals surface area (Å²) < 4.78 is 24.3. The number of aliphatic hydroxyl groups is 2. The minimum atomic E-state index is -0.918. The molecule has 156 valence electrons. The van der Waals surface area contributed by atoms with Crippen LogP contribution in [0.2, 0.25) is 0 Å². The van der Waals surface area contributed by atoms with Crippen molar-refractivity contribution < 1.29 is 24.1 Å². The molecule has 3 unspecified atom stereocenters. The van der Waals surface area contributed by atoms with Gasteiger partial charge in [0.25, 0.3) is 0 Å². The van der Waals surface area contributed by atoms with E-state index in [0.29, 0.717) is 18.6 Å². The lowest BCUT2D eigenvalue weighted by atomic mass is 9.85. The van der Waals surface area contributed by atoms with E-state index >= 15 is 0 Å². The molecule has 1 heterocycles. The highest BCUT2D eigenvalue weighted by atomic mass is 19.1. The summed E-state index contributed by atoms with van der Waals surface area (Å²) in [6.45, 7) is 1.01. The Morgan fingerprint density at radius 3 is 2.59 bits per heavy atom. The van der Waals surface area contributed by atoms with Gasteiger partial charge in [0.2, 0.25) is 6.86 Å². The molecule has 1 saturated heterocycles. The minimum absolute atomic E-state index is 0.151. The monoisotopic (exact) mass is 400 g/mol. The molecular weight excluding hydrogens is 371 g/mol. The average Bonchev–Trinajstić information content (AvgIpc) is 2.70. The number of rotatable bonds is 7. The number of alkyl halides is 1. The van der Waals surface area contributed by atoms with E-state index in [1.54, 1.807) is 0 Å². The van der Waals surface area contributed by atoms with Crippen LogP contribution in [-0.4, -0.2) is 35.9 Å². The quantitative estimate of drug-likeness (QED) is 0.742. The molecule has 4 rings (SSSR count). The third-order valence-corrected chi connectivity index (χ3v) is 6.18. The molecule has 0 amide bonds. The molecular formula is C24H29FO4. The molecule has 2 aliphatic rings. The molecule has 0 bridgehead atoms. The molecule has 1 aliphatic carbocycles. The van der Waals surface area contributed by atoms with Crippen molar-refractivity contribution in [3.63, 3.8) is 0 Å². The number of fused-ring (bicyclic) bond motifs is 1. The Bertz CT molecular complexity index is 866. The number of ether oxygens (including phenoxy) is 2. The van der Waals surface area contributed by atoms with Gasteiger partial charge in [-0.15, -0.1) is 0 Å². The van der Waals surface area contributed by atoms with Crippen LogP contribution in [0.15, 0.2) is 30.3 Å². The van der Waals surface area contributed by atoms with Gasteiger partial charge in [0.05, 0.1) is 24.9 Å². The maximum absolute atomic E-state index is 13.1. The molecule has 4 nitrogen and oxygen atoms in total. The molecule has 2 aromatic rings. The Morgan fingerprint density at radius 2 is 1.93 bits per heavy atom. The number of aliphatic hydroxyl groups excluding tert-OH is 2. The summed E-state index contributed by atoms with van der Waals surface area (Å²) in [5.74, 6) is 0.459. The van der Waals surface area contributed by atoms with Gasteiger partial charge in [-0.25, -0.2) is 4.39 Å². The normalized spacial score (nSPS) is 23.4. The fourth-order valence-corrected chi connectivity index (χ4v) is 4.50.